The van der Waals surface area contributed by atoms with Crippen LogP contribution in [0.1, 0.15) is 56.2 Å². The second kappa shape index (κ2) is 14.2. The molecule has 3 aromatic carbocycles. The van der Waals surface area contributed by atoms with Gasteiger partial charge in [0.15, 0.2) is 11.5 Å². The minimum Gasteiger partial charge on any atom is -0.494 e. The average molecular weight is 600 g/mol. The molecule has 9 heteroatoms. The van der Waals surface area contributed by atoms with Crippen molar-refractivity contribution in [3.05, 3.63) is 78.0 Å². The molecule has 1 fully saturated rings. The number of nitrogens with one attached hydrogen (secondary N) is 2. The Labute approximate surface area is 258 Å². The molecular weight excluding hydrogens is 558 g/mol. The van der Waals surface area contributed by atoms with E-state index in [-0.39, 0.29) is 24.3 Å². The molecule has 9 nitrogen and oxygen atoms in total. The zero-order valence-electron chi connectivity index (χ0n) is 25.9. The summed E-state index contributed by atoms with van der Waals surface area (Å²) in [5.41, 5.74) is 2.89. The van der Waals surface area contributed by atoms with Gasteiger partial charge in [0.25, 0.3) is 0 Å². The van der Waals surface area contributed by atoms with E-state index in [0.717, 1.165) is 48.6 Å². The molecule has 1 aromatic heterocycles. The number of aromatic amines is 1. The molecule has 2 N–H and O–H groups in total. The van der Waals surface area contributed by atoms with Crippen LogP contribution in [0.2, 0.25) is 0 Å². The number of H-pyrrole nitrogens is 1. The van der Waals surface area contributed by atoms with Crippen LogP contribution in [0.5, 0.6) is 23.0 Å². The van der Waals surface area contributed by atoms with Crippen LogP contribution in [-0.4, -0.2) is 50.8 Å². The summed E-state index contributed by atoms with van der Waals surface area (Å²) in [5.74, 6) is 1.36. The number of carbonyl (C=O) groups excluding carboxylic acids is 2. The van der Waals surface area contributed by atoms with Gasteiger partial charge in [-0.2, -0.15) is 0 Å². The number of anilines is 1. The molecule has 0 saturated heterocycles. The number of methoxy groups -OCH3 is 3. The van der Waals surface area contributed by atoms with Gasteiger partial charge in [-0.15, -0.1) is 0 Å². The van der Waals surface area contributed by atoms with Crippen molar-refractivity contribution in [2.24, 2.45) is 0 Å². The first-order valence-corrected chi connectivity index (χ1v) is 15.2. The van der Waals surface area contributed by atoms with E-state index in [1.54, 1.807) is 17.0 Å². The Morgan fingerprint density at radius 1 is 0.932 bits per heavy atom. The van der Waals surface area contributed by atoms with Gasteiger partial charge in [-0.1, -0.05) is 37.5 Å². The molecule has 44 heavy (non-hydrogen) atoms. The van der Waals surface area contributed by atoms with E-state index >= 15 is 0 Å². The number of aromatic nitrogens is 1. The maximum atomic E-state index is 14.5. The standard InChI is InChI=1S/C35H41N3O6/c1-5-44-27-17-15-26(16-18-27)38(32(39)21-24-22-36-29-14-10-9-13-28(24)29)33(35(40)37-25-11-7-6-8-12-25)23-19-30(41-2)34(43-4)31(20-23)42-3/h9-10,13-20,22,25,33,36H,5-8,11-12,21H2,1-4H3,(H,37,40)/t33-/m1/s1. The first-order chi connectivity index (χ1) is 21.5. The normalized spacial score (nSPS) is 14.1. The molecule has 232 valence electrons. The third-order valence-electron chi connectivity index (χ3n) is 8.17. The van der Waals surface area contributed by atoms with Crippen LogP contribution in [0.15, 0.2) is 66.9 Å². The van der Waals surface area contributed by atoms with Gasteiger partial charge in [-0.05, 0) is 73.4 Å². The Bertz CT molecular complexity index is 1550. The van der Waals surface area contributed by atoms with Crippen molar-refractivity contribution in [1.82, 2.24) is 10.3 Å². The van der Waals surface area contributed by atoms with Crippen LogP contribution in [0.4, 0.5) is 5.69 Å². The fourth-order valence-corrected chi connectivity index (χ4v) is 6.04. The molecule has 0 bridgehead atoms. The Balaban J connectivity index is 1.64. The van der Waals surface area contributed by atoms with Gasteiger partial charge in [0.1, 0.15) is 11.8 Å². The molecule has 1 aliphatic carbocycles. The molecule has 0 aliphatic heterocycles. The van der Waals surface area contributed by atoms with E-state index in [2.05, 4.69) is 10.3 Å². The minimum absolute atomic E-state index is 0.0340. The maximum absolute atomic E-state index is 14.5. The number of hydrogen-bond acceptors (Lipinski definition) is 6. The van der Waals surface area contributed by atoms with Crippen molar-refractivity contribution in [3.8, 4) is 23.0 Å². The van der Waals surface area contributed by atoms with Crippen LogP contribution >= 0.6 is 0 Å². The maximum Gasteiger partial charge on any atom is 0.248 e. The summed E-state index contributed by atoms with van der Waals surface area (Å²) in [6.07, 6.45) is 7.01. The Morgan fingerprint density at radius 3 is 2.25 bits per heavy atom. The second-order valence-corrected chi connectivity index (χ2v) is 10.9. The molecule has 2 amide bonds. The van der Waals surface area contributed by atoms with Crippen LogP contribution in [0.25, 0.3) is 10.9 Å². The van der Waals surface area contributed by atoms with Crippen molar-refractivity contribution in [2.45, 2.75) is 57.5 Å². The molecule has 1 heterocycles. The Morgan fingerprint density at radius 2 is 1.61 bits per heavy atom. The lowest BCUT2D eigenvalue weighted by atomic mass is 9.94. The number of ether oxygens (including phenoxy) is 4. The van der Waals surface area contributed by atoms with Crippen molar-refractivity contribution in [1.29, 1.82) is 0 Å². The van der Waals surface area contributed by atoms with Crippen molar-refractivity contribution < 1.29 is 28.5 Å². The van der Waals surface area contributed by atoms with Gasteiger partial charge in [0.2, 0.25) is 17.6 Å². The number of nitrogens with zero attached hydrogens (tertiary/aromatic N) is 1. The van der Waals surface area contributed by atoms with Gasteiger partial charge in [0, 0.05) is 28.8 Å². The molecule has 0 unspecified atom stereocenters. The summed E-state index contributed by atoms with van der Waals surface area (Å²) in [7, 11) is 4.60. The van der Waals surface area contributed by atoms with E-state index in [9.17, 15) is 9.59 Å². The number of rotatable bonds is 12. The quantitative estimate of drug-likeness (QED) is 0.197. The molecule has 1 atom stereocenters. The van der Waals surface area contributed by atoms with Crippen LogP contribution in [0, 0.1) is 0 Å². The van der Waals surface area contributed by atoms with E-state index < -0.39 is 6.04 Å². The van der Waals surface area contributed by atoms with Crippen LogP contribution in [0.3, 0.4) is 0 Å². The third kappa shape index (κ3) is 6.61. The second-order valence-electron chi connectivity index (χ2n) is 10.9. The SMILES string of the molecule is CCOc1ccc(N(C(=O)Cc2c[nH]c3ccccc23)[C@@H](C(=O)NC2CCCCC2)c2cc(OC)c(OC)c(OC)c2)cc1. The highest BCUT2D eigenvalue weighted by molar-refractivity contribution is 6.03. The molecule has 0 radical (unpaired) electrons. The minimum atomic E-state index is -1.03. The number of fused-ring (bicyclic) bond motifs is 1. The van der Waals surface area contributed by atoms with Gasteiger partial charge >= 0.3 is 0 Å². The summed E-state index contributed by atoms with van der Waals surface area (Å²) < 4.78 is 22.6. The fourth-order valence-electron chi connectivity index (χ4n) is 6.04. The lowest BCUT2D eigenvalue weighted by molar-refractivity contribution is -0.127. The van der Waals surface area contributed by atoms with Crippen molar-refractivity contribution in [3.63, 3.8) is 0 Å². The van der Waals surface area contributed by atoms with Gasteiger partial charge in [0.05, 0.1) is 34.4 Å². The summed E-state index contributed by atoms with van der Waals surface area (Å²) in [5, 5.41) is 4.23. The van der Waals surface area contributed by atoms with E-state index in [0.29, 0.717) is 40.9 Å². The topological polar surface area (TPSA) is 102 Å². The lowest BCUT2D eigenvalue weighted by Gasteiger charge is -2.34. The average Bonchev–Trinajstić information content (AvgIpc) is 3.46. The first kappa shape index (κ1) is 30.8. The molecule has 1 saturated carbocycles. The van der Waals surface area contributed by atoms with E-state index in [1.807, 2.05) is 61.7 Å². The Kier molecular flexibility index (Phi) is 9.94. The molecular formula is C35H41N3O6. The first-order valence-electron chi connectivity index (χ1n) is 15.2. The molecule has 1 aliphatic rings. The predicted octanol–water partition coefficient (Wildman–Crippen LogP) is 6.36. The molecule has 0 spiro atoms. The van der Waals surface area contributed by atoms with E-state index in [1.165, 1.54) is 21.3 Å². The number of carbonyl (C=O) groups is 2. The summed E-state index contributed by atoms with van der Waals surface area (Å²) in [6, 6.07) is 17.6. The fraction of sp³-hybridized carbons (Fsp3) is 0.371. The van der Waals surface area contributed by atoms with Crippen LogP contribution < -0.4 is 29.2 Å². The third-order valence-corrected chi connectivity index (χ3v) is 8.17. The van der Waals surface area contributed by atoms with E-state index in [4.69, 9.17) is 18.9 Å². The van der Waals surface area contributed by atoms with Crippen LogP contribution in [-0.2, 0) is 16.0 Å². The monoisotopic (exact) mass is 599 g/mol. The van der Waals surface area contributed by atoms with Gasteiger partial charge < -0.3 is 29.2 Å². The highest BCUT2D eigenvalue weighted by Gasteiger charge is 2.36. The summed E-state index contributed by atoms with van der Waals surface area (Å²) >= 11 is 0. The highest BCUT2D eigenvalue weighted by Crippen LogP contribution is 2.42. The lowest BCUT2D eigenvalue weighted by Crippen LogP contribution is -2.47. The summed E-state index contributed by atoms with van der Waals surface area (Å²) in [4.78, 5) is 33.8. The number of benzene rings is 3. The highest BCUT2D eigenvalue weighted by atomic mass is 16.5. The molecule has 4 aromatic rings. The van der Waals surface area contributed by atoms with Crippen molar-refractivity contribution >= 4 is 28.4 Å². The zero-order valence-corrected chi connectivity index (χ0v) is 25.9. The molecule has 5 rings (SSSR count). The number of amides is 2. The van der Waals surface area contributed by atoms with Gasteiger partial charge in [-0.3, -0.25) is 14.5 Å². The Hall–Kier alpha value is -4.66. The van der Waals surface area contributed by atoms with Gasteiger partial charge in [-0.25, -0.2) is 0 Å². The number of para-hydroxylation sites is 1. The predicted molar refractivity (Wildman–Crippen MR) is 171 cm³/mol. The largest absolute Gasteiger partial charge is 0.494 e. The smallest absolute Gasteiger partial charge is 0.248 e. The number of hydrogen-bond donors (Lipinski definition) is 2. The van der Waals surface area contributed by atoms with Crippen molar-refractivity contribution in [2.75, 3.05) is 32.8 Å². The summed E-state index contributed by atoms with van der Waals surface area (Å²) in [6.45, 7) is 2.43. The zero-order chi connectivity index (χ0) is 31.1.